The Bertz CT molecular complexity index is 754. The average Bonchev–Trinajstić information content (AvgIpc) is 3.12. The molecule has 1 fully saturated rings. The summed E-state index contributed by atoms with van der Waals surface area (Å²) in [6, 6.07) is 5.98. The van der Waals surface area contributed by atoms with E-state index in [2.05, 4.69) is 4.98 Å². The zero-order valence-corrected chi connectivity index (χ0v) is 13.0. The lowest BCUT2D eigenvalue weighted by Crippen LogP contribution is -2.32. The quantitative estimate of drug-likeness (QED) is 0.883. The van der Waals surface area contributed by atoms with Crippen LogP contribution in [0.4, 0.5) is 13.2 Å². The number of aliphatic hydroxyl groups is 1. The maximum Gasteiger partial charge on any atom is 0.416 e. The molecule has 3 rings (SSSR count). The maximum atomic E-state index is 12.9. The number of halogens is 3. The number of aryl methyl sites for hydroxylation is 1. The summed E-state index contributed by atoms with van der Waals surface area (Å²) in [5, 5.41) is 9.95. The van der Waals surface area contributed by atoms with Gasteiger partial charge in [-0.25, -0.2) is 0 Å². The molecule has 0 radical (unpaired) electrons. The van der Waals surface area contributed by atoms with E-state index in [1.54, 1.807) is 25.3 Å². The number of carbonyl (C=O) groups excluding carboxylic acids is 1. The number of hydrogen-bond donors (Lipinski definition) is 2. The molecule has 1 amide bonds. The molecule has 1 aliphatic heterocycles. The van der Waals surface area contributed by atoms with E-state index in [0.717, 1.165) is 12.1 Å². The van der Waals surface area contributed by atoms with Crippen molar-refractivity contribution in [1.29, 1.82) is 0 Å². The van der Waals surface area contributed by atoms with Gasteiger partial charge in [-0.15, -0.1) is 0 Å². The molecule has 0 saturated carbocycles. The van der Waals surface area contributed by atoms with Crippen molar-refractivity contribution < 1.29 is 23.1 Å². The molecule has 1 aliphatic rings. The number of rotatable bonds is 2. The van der Waals surface area contributed by atoms with Crippen LogP contribution in [0.2, 0.25) is 0 Å². The van der Waals surface area contributed by atoms with E-state index < -0.39 is 23.9 Å². The first-order valence-corrected chi connectivity index (χ1v) is 7.57. The molecule has 1 aromatic carbocycles. The van der Waals surface area contributed by atoms with Crippen LogP contribution < -0.4 is 0 Å². The van der Waals surface area contributed by atoms with Crippen LogP contribution >= 0.6 is 0 Å². The summed E-state index contributed by atoms with van der Waals surface area (Å²) in [6.07, 6.45) is -3.35. The maximum absolute atomic E-state index is 12.9. The Hall–Kier alpha value is -2.28. The van der Waals surface area contributed by atoms with Gasteiger partial charge >= 0.3 is 6.18 Å². The minimum absolute atomic E-state index is 0.102. The highest BCUT2D eigenvalue weighted by molar-refractivity contribution is 5.95. The smallest absolute Gasteiger partial charge is 0.391 e. The number of amides is 1. The van der Waals surface area contributed by atoms with Crippen molar-refractivity contribution in [3.63, 3.8) is 0 Å². The fourth-order valence-corrected chi connectivity index (χ4v) is 3.12. The molecule has 0 spiro atoms. The standard InChI is InChI=1S/C17H17F3N2O2/c1-10-14(5-6-21-10)16(24)22-9-13(23)8-15(22)11-3-2-4-12(7-11)17(18,19)20/h2-7,13,15,21,23H,8-9H2,1H3/t13-,15+/m0/s1. The Kier molecular flexibility index (Phi) is 4.13. The second kappa shape index (κ2) is 5.98. The van der Waals surface area contributed by atoms with E-state index >= 15 is 0 Å². The van der Waals surface area contributed by atoms with Crippen LogP contribution in [-0.4, -0.2) is 33.5 Å². The van der Waals surface area contributed by atoms with Crippen molar-refractivity contribution >= 4 is 5.91 Å². The number of aromatic amines is 1. The Morgan fingerprint density at radius 1 is 1.33 bits per heavy atom. The Morgan fingerprint density at radius 3 is 2.71 bits per heavy atom. The number of hydrogen-bond acceptors (Lipinski definition) is 2. The molecule has 2 heterocycles. The second-order valence-corrected chi connectivity index (χ2v) is 6.00. The molecule has 0 bridgehead atoms. The van der Waals surface area contributed by atoms with E-state index in [1.165, 1.54) is 11.0 Å². The lowest BCUT2D eigenvalue weighted by Gasteiger charge is -2.25. The van der Waals surface area contributed by atoms with Crippen LogP contribution in [0, 0.1) is 6.92 Å². The molecular formula is C17H17F3N2O2. The molecule has 1 aromatic heterocycles. The van der Waals surface area contributed by atoms with Crippen LogP contribution in [0.25, 0.3) is 0 Å². The van der Waals surface area contributed by atoms with Crippen molar-refractivity contribution in [2.75, 3.05) is 6.54 Å². The van der Waals surface area contributed by atoms with Gasteiger partial charge in [-0.05, 0) is 37.1 Å². The first-order valence-electron chi connectivity index (χ1n) is 7.57. The summed E-state index contributed by atoms with van der Waals surface area (Å²) < 4.78 is 38.8. The average molecular weight is 338 g/mol. The second-order valence-electron chi connectivity index (χ2n) is 6.00. The summed E-state index contributed by atoms with van der Waals surface area (Å²) in [4.78, 5) is 17.1. The van der Waals surface area contributed by atoms with Crippen molar-refractivity contribution in [3.8, 4) is 0 Å². The predicted octanol–water partition coefficient (Wildman–Crippen LogP) is 3.29. The Balaban J connectivity index is 1.94. The van der Waals surface area contributed by atoms with Crippen molar-refractivity contribution in [1.82, 2.24) is 9.88 Å². The van der Waals surface area contributed by atoms with E-state index in [9.17, 15) is 23.1 Å². The molecule has 0 aliphatic carbocycles. The third-order valence-corrected chi connectivity index (χ3v) is 4.32. The summed E-state index contributed by atoms with van der Waals surface area (Å²) in [6.45, 7) is 1.85. The van der Waals surface area contributed by atoms with E-state index in [0.29, 0.717) is 16.8 Å². The summed E-state index contributed by atoms with van der Waals surface area (Å²) in [5.41, 5.74) is 0.764. The number of β-amino-alcohol motifs (C(OH)–C–C–N with tert-alkyl or cyclic N) is 1. The lowest BCUT2D eigenvalue weighted by molar-refractivity contribution is -0.137. The van der Waals surface area contributed by atoms with Gasteiger partial charge in [-0.3, -0.25) is 4.79 Å². The number of carbonyl (C=O) groups is 1. The number of alkyl halides is 3. The molecule has 7 heteroatoms. The van der Waals surface area contributed by atoms with E-state index in [1.807, 2.05) is 0 Å². The number of aliphatic hydroxyl groups excluding tert-OH is 1. The molecule has 2 N–H and O–H groups in total. The third-order valence-electron chi connectivity index (χ3n) is 4.32. The fourth-order valence-electron chi connectivity index (χ4n) is 3.12. The normalized spacial score (nSPS) is 21.3. The van der Waals surface area contributed by atoms with Gasteiger partial charge in [-0.1, -0.05) is 12.1 Å². The molecule has 2 aromatic rings. The van der Waals surface area contributed by atoms with Gasteiger partial charge in [0.2, 0.25) is 0 Å². The first kappa shape index (κ1) is 16.6. The van der Waals surface area contributed by atoms with Gasteiger partial charge in [0.15, 0.2) is 0 Å². The van der Waals surface area contributed by atoms with Gasteiger partial charge < -0.3 is 15.0 Å². The summed E-state index contributed by atoms with van der Waals surface area (Å²) in [7, 11) is 0. The van der Waals surface area contributed by atoms with Crippen LogP contribution in [0.15, 0.2) is 36.5 Å². The summed E-state index contributed by atoms with van der Waals surface area (Å²) >= 11 is 0. The largest absolute Gasteiger partial charge is 0.416 e. The first-order chi connectivity index (χ1) is 11.3. The lowest BCUT2D eigenvalue weighted by atomic mass is 10.0. The monoisotopic (exact) mass is 338 g/mol. The Morgan fingerprint density at radius 2 is 2.08 bits per heavy atom. The van der Waals surface area contributed by atoms with Crippen LogP contribution in [0.5, 0.6) is 0 Å². The summed E-state index contributed by atoms with van der Waals surface area (Å²) in [5.74, 6) is -0.298. The molecule has 128 valence electrons. The van der Waals surface area contributed by atoms with Crippen molar-refractivity contribution in [3.05, 3.63) is 58.9 Å². The van der Waals surface area contributed by atoms with Gasteiger partial charge in [0.05, 0.1) is 23.3 Å². The number of likely N-dealkylation sites (tertiary alicyclic amines) is 1. The van der Waals surface area contributed by atoms with Crippen molar-refractivity contribution in [2.45, 2.75) is 31.7 Å². The highest BCUT2D eigenvalue weighted by Gasteiger charge is 2.38. The molecule has 0 unspecified atom stereocenters. The highest BCUT2D eigenvalue weighted by atomic mass is 19.4. The molecule has 4 nitrogen and oxygen atoms in total. The minimum atomic E-state index is -4.45. The van der Waals surface area contributed by atoms with Crippen LogP contribution in [0.1, 0.15) is 39.6 Å². The SMILES string of the molecule is Cc1[nH]ccc1C(=O)N1C[C@@H](O)C[C@@H]1c1cccc(C(F)(F)F)c1. The van der Waals surface area contributed by atoms with Crippen LogP contribution in [0.3, 0.4) is 0 Å². The Labute approximate surface area is 136 Å². The fraction of sp³-hybridized carbons (Fsp3) is 0.353. The van der Waals surface area contributed by atoms with E-state index in [-0.39, 0.29) is 18.9 Å². The minimum Gasteiger partial charge on any atom is -0.391 e. The third kappa shape index (κ3) is 3.03. The number of aromatic nitrogens is 1. The molecule has 1 saturated heterocycles. The van der Waals surface area contributed by atoms with Crippen LogP contribution in [-0.2, 0) is 6.18 Å². The number of benzene rings is 1. The number of nitrogens with zero attached hydrogens (tertiary/aromatic N) is 1. The van der Waals surface area contributed by atoms with Gasteiger partial charge in [-0.2, -0.15) is 13.2 Å². The predicted molar refractivity (Wildman–Crippen MR) is 81.4 cm³/mol. The zero-order chi connectivity index (χ0) is 17.5. The van der Waals surface area contributed by atoms with Gasteiger partial charge in [0.1, 0.15) is 0 Å². The highest BCUT2D eigenvalue weighted by Crippen LogP contribution is 2.37. The topological polar surface area (TPSA) is 56.3 Å². The van der Waals surface area contributed by atoms with Gasteiger partial charge in [0.25, 0.3) is 5.91 Å². The van der Waals surface area contributed by atoms with Gasteiger partial charge in [0, 0.05) is 18.4 Å². The number of H-pyrrole nitrogens is 1. The molecular weight excluding hydrogens is 321 g/mol. The zero-order valence-electron chi connectivity index (χ0n) is 13.0. The molecule has 2 atom stereocenters. The van der Waals surface area contributed by atoms with Crippen molar-refractivity contribution in [2.24, 2.45) is 0 Å². The van der Waals surface area contributed by atoms with E-state index in [4.69, 9.17) is 0 Å². The number of nitrogens with one attached hydrogen (secondary N) is 1. The molecule has 24 heavy (non-hydrogen) atoms.